The van der Waals surface area contributed by atoms with Crippen molar-refractivity contribution in [2.75, 3.05) is 26.3 Å². The van der Waals surface area contributed by atoms with Crippen LogP contribution in [0.3, 0.4) is 0 Å². The molecule has 1 aliphatic carbocycles. The Morgan fingerprint density at radius 2 is 1.82 bits per heavy atom. The molecule has 3 aliphatic rings. The quantitative estimate of drug-likeness (QED) is 0.567. The molecule has 9 heteroatoms. The predicted molar refractivity (Wildman–Crippen MR) is 120 cm³/mol. The maximum absolute atomic E-state index is 13.2. The number of para-hydroxylation sites is 1. The average Bonchev–Trinajstić information content (AvgIpc) is 3.46. The minimum Gasteiger partial charge on any atom is -0.378 e. The number of hydrogen-bond donors (Lipinski definition) is 1. The fourth-order valence-electron chi connectivity index (χ4n) is 4.90. The molecular formula is C24H26N4O5. The van der Waals surface area contributed by atoms with Crippen LogP contribution in [-0.4, -0.2) is 70.5 Å². The van der Waals surface area contributed by atoms with E-state index in [0.29, 0.717) is 31.9 Å². The summed E-state index contributed by atoms with van der Waals surface area (Å²) in [5.74, 6) is -1.26. The molecule has 1 N–H and O–H groups in total. The standard InChI is InChI=1S/C24H26N4O5/c29-21(26-9-11-33-12-10-26)15-27-14-16(18-7-3-4-8-20(18)27)13-19-22(30)25-24(32)28(23(19)31)17-5-1-2-6-17/h3-4,7-8,13-14,17H,1-2,5-6,9-12,15H2,(H,25,30,32)/b19-13-. The van der Waals surface area contributed by atoms with E-state index < -0.39 is 17.8 Å². The van der Waals surface area contributed by atoms with Gasteiger partial charge in [-0.25, -0.2) is 4.79 Å². The van der Waals surface area contributed by atoms with Gasteiger partial charge in [0.15, 0.2) is 0 Å². The number of fused-ring (bicyclic) bond motifs is 1. The van der Waals surface area contributed by atoms with Crippen molar-refractivity contribution in [2.45, 2.75) is 38.3 Å². The van der Waals surface area contributed by atoms with Gasteiger partial charge in [0.25, 0.3) is 11.8 Å². The molecule has 0 spiro atoms. The Balaban J connectivity index is 1.48. The van der Waals surface area contributed by atoms with Gasteiger partial charge >= 0.3 is 6.03 Å². The first-order valence-electron chi connectivity index (χ1n) is 11.4. The highest BCUT2D eigenvalue weighted by atomic mass is 16.5. The van der Waals surface area contributed by atoms with Gasteiger partial charge < -0.3 is 14.2 Å². The van der Waals surface area contributed by atoms with E-state index in [1.165, 1.54) is 11.0 Å². The van der Waals surface area contributed by atoms with E-state index in [4.69, 9.17) is 4.74 Å². The molecule has 0 radical (unpaired) electrons. The molecule has 33 heavy (non-hydrogen) atoms. The van der Waals surface area contributed by atoms with Crippen LogP contribution in [0.15, 0.2) is 36.0 Å². The van der Waals surface area contributed by atoms with Gasteiger partial charge in [-0.05, 0) is 25.0 Å². The SMILES string of the molecule is O=C1NC(=O)N(C2CCCC2)C(=O)/C1=C\c1cn(CC(=O)N2CCOCC2)c2ccccc12. The maximum atomic E-state index is 13.2. The molecule has 1 saturated carbocycles. The van der Waals surface area contributed by atoms with Crippen LogP contribution in [0.2, 0.25) is 0 Å². The van der Waals surface area contributed by atoms with Crippen molar-refractivity contribution in [3.63, 3.8) is 0 Å². The van der Waals surface area contributed by atoms with Crippen LogP contribution in [-0.2, 0) is 25.7 Å². The summed E-state index contributed by atoms with van der Waals surface area (Å²) in [6, 6.07) is 6.72. The highest BCUT2D eigenvalue weighted by Gasteiger charge is 2.40. The Morgan fingerprint density at radius 1 is 1.09 bits per heavy atom. The lowest BCUT2D eigenvalue weighted by molar-refractivity contribution is -0.136. The number of amides is 5. The van der Waals surface area contributed by atoms with Crippen molar-refractivity contribution in [3.8, 4) is 0 Å². The number of ether oxygens (including phenoxy) is 1. The topological polar surface area (TPSA) is 101 Å². The number of rotatable bonds is 4. The molecule has 9 nitrogen and oxygen atoms in total. The zero-order valence-electron chi connectivity index (χ0n) is 18.3. The van der Waals surface area contributed by atoms with Crippen LogP contribution in [0.1, 0.15) is 31.2 Å². The summed E-state index contributed by atoms with van der Waals surface area (Å²) < 4.78 is 7.16. The first kappa shape index (κ1) is 21.4. The Bertz CT molecular complexity index is 1150. The van der Waals surface area contributed by atoms with Gasteiger partial charge in [-0.2, -0.15) is 0 Å². The van der Waals surface area contributed by atoms with E-state index in [0.717, 1.165) is 36.6 Å². The Labute approximate surface area is 190 Å². The Kier molecular flexibility index (Phi) is 5.72. The van der Waals surface area contributed by atoms with Gasteiger partial charge in [0, 0.05) is 41.8 Å². The zero-order valence-corrected chi connectivity index (χ0v) is 18.3. The average molecular weight is 450 g/mol. The Hall–Kier alpha value is -3.46. The van der Waals surface area contributed by atoms with Crippen LogP contribution in [0.25, 0.3) is 17.0 Å². The molecule has 2 saturated heterocycles. The molecule has 5 amide bonds. The first-order chi connectivity index (χ1) is 16.0. The van der Waals surface area contributed by atoms with Crippen LogP contribution in [0, 0.1) is 0 Å². The summed E-state index contributed by atoms with van der Waals surface area (Å²) in [6.45, 7) is 2.34. The molecule has 0 atom stereocenters. The molecule has 2 aliphatic heterocycles. The summed E-state index contributed by atoms with van der Waals surface area (Å²) >= 11 is 0. The lowest BCUT2D eigenvalue weighted by Gasteiger charge is -2.31. The van der Waals surface area contributed by atoms with E-state index in [1.54, 1.807) is 11.1 Å². The normalized spacial score (nSPS) is 21.3. The zero-order chi connectivity index (χ0) is 22.9. The van der Waals surface area contributed by atoms with Crippen molar-refractivity contribution in [2.24, 2.45) is 0 Å². The molecule has 3 heterocycles. The van der Waals surface area contributed by atoms with Crippen LogP contribution in [0.5, 0.6) is 0 Å². The van der Waals surface area contributed by atoms with E-state index in [-0.39, 0.29) is 24.1 Å². The van der Waals surface area contributed by atoms with Gasteiger partial charge in [-0.3, -0.25) is 24.6 Å². The molecule has 0 bridgehead atoms. The minimum atomic E-state index is -0.694. The van der Waals surface area contributed by atoms with Gasteiger partial charge in [0.1, 0.15) is 12.1 Å². The van der Waals surface area contributed by atoms with Crippen molar-refractivity contribution >= 4 is 40.7 Å². The van der Waals surface area contributed by atoms with Crippen molar-refractivity contribution < 1.29 is 23.9 Å². The highest BCUT2D eigenvalue weighted by molar-refractivity contribution is 6.31. The number of carbonyl (C=O) groups is 4. The number of hydrogen-bond acceptors (Lipinski definition) is 5. The van der Waals surface area contributed by atoms with E-state index >= 15 is 0 Å². The van der Waals surface area contributed by atoms with Gasteiger partial charge in [0.2, 0.25) is 5.91 Å². The molecule has 2 aromatic rings. The number of aromatic nitrogens is 1. The molecule has 3 fully saturated rings. The number of barbiturate groups is 1. The van der Waals surface area contributed by atoms with E-state index in [9.17, 15) is 19.2 Å². The summed E-state index contributed by atoms with van der Waals surface area (Å²) in [5, 5.41) is 3.14. The molecular weight excluding hydrogens is 424 g/mol. The summed E-state index contributed by atoms with van der Waals surface area (Å²) in [4.78, 5) is 53.9. The lowest BCUT2D eigenvalue weighted by Crippen LogP contribution is -2.57. The second kappa shape index (κ2) is 8.82. The second-order valence-electron chi connectivity index (χ2n) is 8.65. The van der Waals surface area contributed by atoms with Crippen molar-refractivity contribution in [3.05, 3.63) is 41.6 Å². The molecule has 5 rings (SSSR count). The van der Waals surface area contributed by atoms with Gasteiger partial charge in [-0.15, -0.1) is 0 Å². The number of nitrogens with zero attached hydrogens (tertiary/aromatic N) is 3. The minimum absolute atomic E-state index is 0.0113. The number of morpholine rings is 1. The third-order valence-electron chi connectivity index (χ3n) is 6.61. The number of nitrogens with one attached hydrogen (secondary N) is 1. The van der Waals surface area contributed by atoms with Crippen LogP contribution < -0.4 is 5.32 Å². The maximum Gasteiger partial charge on any atom is 0.331 e. The lowest BCUT2D eigenvalue weighted by atomic mass is 10.0. The van der Waals surface area contributed by atoms with E-state index in [2.05, 4.69) is 5.32 Å². The fraction of sp³-hybridized carbons (Fsp3) is 0.417. The highest BCUT2D eigenvalue weighted by Crippen LogP contribution is 2.29. The molecule has 172 valence electrons. The smallest absolute Gasteiger partial charge is 0.331 e. The second-order valence-corrected chi connectivity index (χ2v) is 8.65. The third kappa shape index (κ3) is 4.04. The summed E-state index contributed by atoms with van der Waals surface area (Å²) in [5.41, 5.74) is 1.42. The Morgan fingerprint density at radius 3 is 2.58 bits per heavy atom. The number of imide groups is 2. The van der Waals surface area contributed by atoms with E-state index in [1.807, 2.05) is 28.8 Å². The largest absolute Gasteiger partial charge is 0.378 e. The summed E-state index contributed by atoms with van der Waals surface area (Å²) in [6.07, 6.45) is 6.74. The van der Waals surface area contributed by atoms with Crippen LogP contribution >= 0.6 is 0 Å². The number of carbonyl (C=O) groups excluding carboxylic acids is 4. The predicted octanol–water partition coefficient (Wildman–Crippen LogP) is 1.90. The molecule has 1 aromatic carbocycles. The monoisotopic (exact) mass is 450 g/mol. The van der Waals surface area contributed by atoms with Gasteiger partial charge in [-0.1, -0.05) is 31.0 Å². The number of urea groups is 1. The van der Waals surface area contributed by atoms with Crippen LogP contribution in [0.4, 0.5) is 4.79 Å². The van der Waals surface area contributed by atoms with Crippen molar-refractivity contribution in [1.82, 2.24) is 19.7 Å². The first-order valence-corrected chi connectivity index (χ1v) is 11.4. The van der Waals surface area contributed by atoms with Crippen molar-refractivity contribution in [1.29, 1.82) is 0 Å². The number of benzene rings is 1. The van der Waals surface area contributed by atoms with Gasteiger partial charge in [0.05, 0.1) is 13.2 Å². The molecule has 0 unspecified atom stereocenters. The fourth-order valence-corrected chi connectivity index (χ4v) is 4.90. The third-order valence-corrected chi connectivity index (χ3v) is 6.61. The summed E-state index contributed by atoms with van der Waals surface area (Å²) in [7, 11) is 0. The molecule has 1 aromatic heterocycles.